The van der Waals surface area contributed by atoms with Crippen LogP contribution in [-0.2, 0) is 9.53 Å². The molecular weight excluding hydrogens is 326 g/mol. The fourth-order valence-electron chi connectivity index (χ4n) is 3.55. The Morgan fingerprint density at radius 2 is 1.88 bits per heavy atom. The van der Waals surface area contributed by atoms with Crippen LogP contribution in [0.25, 0.3) is 22.4 Å². The summed E-state index contributed by atoms with van der Waals surface area (Å²) in [6.45, 7) is 4.08. The second-order valence-electron chi connectivity index (χ2n) is 6.66. The van der Waals surface area contributed by atoms with Crippen molar-refractivity contribution in [1.82, 2.24) is 9.97 Å². The van der Waals surface area contributed by atoms with Gasteiger partial charge >= 0.3 is 5.97 Å². The maximum Gasteiger partial charge on any atom is 0.309 e. The molecule has 1 aromatic heterocycles. The Kier molecular flexibility index (Phi) is 4.61. The Morgan fingerprint density at radius 1 is 1.15 bits per heavy atom. The van der Waals surface area contributed by atoms with Gasteiger partial charge < -0.3 is 14.6 Å². The summed E-state index contributed by atoms with van der Waals surface area (Å²) in [4.78, 5) is 22.2. The van der Waals surface area contributed by atoms with Crippen molar-refractivity contribution in [2.75, 3.05) is 24.6 Å². The van der Waals surface area contributed by atoms with Crippen LogP contribution in [0.2, 0.25) is 0 Å². The summed E-state index contributed by atoms with van der Waals surface area (Å²) >= 11 is 0. The van der Waals surface area contributed by atoms with Gasteiger partial charge in [-0.25, -0.2) is 4.98 Å². The molecule has 1 aliphatic heterocycles. The third-order valence-electron chi connectivity index (χ3n) is 5.01. The molecule has 1 aliphatic rings. The predicted octanol–water partition coefficient (Wildman–Crippen LogP) is 4.01. The molecule has 0 aliphatic carbocycles. The molecule has 3 aromatic rings. The minimum atomic E-state index is -0.0487. The normalized spacial score (nSPS) is 15.3. The highest BCUT2D eigenvalue weighted by Gasteiger charge is 2.26. The van der Waals surface area contributed by atoms with Crippen LogP contribution in [0, 0.1) is 5.92 Å². The molecule has 0 bridgehead atoms. The van der Waals surface area contributed by atoms with Crippen molar-refractivity contribution in [2.24, 2.45) is 5.92 Å². The van der Waals surface area contributed by atoms with E-state index in [1.54, 1.807) is 0 Å². The van der Waals surface area contributed by atoms with Crippen LogP contribution in [0.1, 0.15) is 19.8 Å². The van der Waals surface area contributed by atoms with Crippen molar-refractivity contribution in [3.8, 4) is 11.4 Å². The number of nitrogens with zero attached hydrogens (tertiary/aromatic N) is 2. The number of nitrogens with one attached hydrogen (secondary N) is 1. The molecule has 4 rings (SSSR count). The first-order chi connectivity index (χ1) is 12.7. The van der Waals surface area contributed by atoms with Gasteiger partial charge in [0.05, 0.1) is 23.6 Å². The quantitative estimate of drug-likeness (QED) is 0.723. The standard InChI is InChI=1S/C21H23N3O2/c1-2-26-21(25)16-11-13-24(14-12-16)17-9-7-15(8-10-17)20-22-18-5-3-4-6-19(18)23-20/h3-10,16H,2,11-14H2,1H3,(H,22,23). The zero-order valence-electron chi connectivity index (χ0n) is 14.9. The number of imidazole rings is 1. The highest BCUT2D eigenvalue weighted by atomic mass is 16.5. The number of esters is 1. The maximum atomic E-state index is 11.9. The van der Waals surface area contributed by atoms with E-state index < -0.39 is 0 Å². The summed E-state index contributed by atoms with van der Waals surface area (Å²) in [7, 11) is 0. The van der Waals surface area contributed by atoms with Gasteiger partial charge in [0, 0.05) is 24.3 Å². The van der Waals surface area contributed by atoms with E-state index in [1.165, 1.54) is 5.69 Å². The third-order valence-corrected chi connectivity index (χ3v) is 5.01. The number of carbonyl (C=O) groups excluding carboxylic acids is 1. The molecule has 5 heteroatoms. The van der Waals surface area contributed by atoms with Crippen molar-refractivity contribution < 1.29 is 9.53 Å². The van der Waals surface area contributed by atoms with E-state index in [0.717, 1.165) is 48.4 Å². The molecule has 0 amide bonds. The number of hydrogen-bond donors (Lipinski definition) is 1. The van der Waals surface area contributed by atoms with Crippen LogP contribution in [-0.4, -0.2) is 35.6 Å². The van der Waals surface area contributed by atoms with E-state index in [-0.39, 0.29) is 11.9 Å². The molecule has 1 N–H and O–H groups in total. The van der Waals surface area contributed by atoms with Gasteiger partial charge in [-0.3, -0.25) is 4.79 Å². The van der Waals surface area contributed by atoms with Gasteiger partial charge in [0.1, 0.15) is 5.82 Å². The first-order valence-corrected chi connectivity index (χ1v) is 9.21. The number of fused-ring (bicyclic) bond motifs is 1. The lowest BCUT2D eigenvalue weighted by Gasteiger charge is -2.32. The number of ether oxygens (including phenoxy) is 1. The largest absolute Gasteiger partial charge is 0.466 e. The number of anilines is 1. The topological polar surface area (TPSA) is 58.2 Å². The van der Waals surface area contributed by atoms with Gasteiger partial charge in [-0.2, -0.15) is 0 Å². The number of aromatic amines is 1. The number of hydrogen-bond acceptors (Lipinski definition) is 4. The first-order valence-electron chi connectivity index (χ1n) is 9.21. The molecule has 26 heavy (non-hydrogen) atoms. The van der Waals surface area contributed by atoms with Crippen LogP contribution in [0.15, 0.2) is 48.5 Å². The molecule has 0 atom stereocenters. The Bertz CT molecular complexity index is 860. The summed E-state index contributed by atoms with van der Waals surface area (Å²) in [6.07, 6.45) is 1.70. The summed E-state index contributed by atoms with van der Waals surface area (Å²) in [5.41, 5.74) is 4.29. The van der Waals surface area contributed by atoms with Gasteiger partial charge in [-0.1, -0.05) is 12.1 Å². The number of H-pyrrole nitrogens is 1. The average molecular weight is 349 g/mol. The van der Waals surface area contributed by atoms with E-state index in [4.69, 9.17) is 4.74 Å². The summed E-state index contributed by atoms with van der Waals surface area (Å²) in [6, 6.07) is 16.5. The van der Waals surface area contributed by atoms with E-state index in [1.807, 2.05) is 31.2 Å². The molecule has 2 heterocycles. The molecule has 1 saturated heterocycles. The fraction of sp³-hybridized carbons (Fsp3) is 0.333. The highest BCUT2D eigenvalue weighted by Crippen LogP contribution is 2.27. The lowest BCUT2D eigenvalue weighted by molar-refractivity contribution is -0.148. The van der Waals surface area contributed by atoms with Crippen LogP contribution >= 0.6 is 0 Å². The van der Waals surface area contributed by atoms with E-state index >= 15 is 0 Å². The van der Waals surface area contributed by atoms with Gasteiger partial charge in [0.15, 0.2) is 0 Å². The molecule has 1 fully saturated rings. The average Bonchev–Trinajstić information content (AvgIpc) is 3.13. The fourth-order valence-corrected chi connectivity index (χ4v) is 3.55. The number of carbonyl (C=O) groups is 1. The molecule has 0 radical (unpaired) electrons. The highest BCUT2D eigenvalue weighted by molar-refractivity contribution is 5.79. The third kappa shape index (κ3) is 3.29. The smallest absolute Gasteiger partial charge is 0.309 e. The van der Waals surface area contributed by atoms with Crippen molar-refractivity contribution >= 4 is 22.7 Å². The molecule has 5 nitrogen and oxygen atoms in total. The van der Waals surface area contributed by atoms with Crippen molar-refractivity contribution in [2.45, 2.75) is 19.8 Å². The summed E-state index contributed by atoms with van der Waals surface area (Å²) in [5, 5.41) is 0. The van der Waals surface area contributed by atoms with Gasteiger partial charge in [0.2, 0.25) is 0 Å². The molecular formula is C21H23N3O2. The number of piperidine rings is 1. The van der Waals surface area contributed by atoms with Crippen molar-refractivity contribution in [3.05, 3.63) is 48.5 Å². The molecule has 0 saturated carbocycles. The maximum absolute atomic E-state index is 11.9. The number of para-hydroxylation sites is 2. The minimum absolute atomic E-state index is 0.0426. The second-order valence-corrected chi connectivity index (χ2v) is 6.66. The van der Waals surface area contributed by atoms with Crippen molar-refractivity contribution in [3.63, 3.8) is 0 Å². The number of aromatic nitrogens is 2. The summed E-state index contributed by atoms with van der Waals surface area (Å²) < 4.78 is 5.14. The zero-order valence-corrected chi connectivity index (χ0v) is 14.9. The Morgan fingerprint density at radius 3 is 2.58 bits per heavy atom. The van der Waals surface area contributed by atoms with E-state index in [2.05, 4.69) is 39.1 Å². The zero-order chi connectivity index (χ0) is 17.9. The van der Waals surface area contributed by atoms with Crippen LogP contribution < -0.4 is 4.90 Å². The minimum Gasteiger partial charge on any atom is -0.466 e. The SMILES string of the molecule is CCOC(=O)C1CCN(c2ccc(-c3nc4ccccc4[nH]3)cc2)CC1. The second kappa shape index (κ2) is 7.20. The lowest BCUT2D eigenvalue weighted by Crippen LogP contribution is -2.36. The van der Waals surface area contributed by atoms with Gasteiger partial charge in [-0.05, 0) is 56.2 Å². The first kappa shape index (κ1) is 16.6. The van der Waals surface area contributed by atoms with Crippen molar-refractivity contribution in [1.29, 1.82) is 0 Å². The van der Waals surface area contributed by atoms with Crippen LogP contribution in [0.3, 0.4) is 0 Å². The molecule has 134 valence electrons. The Balaban J connectivity index is 1.44. The van der Waals surface area contributed by atoms with E-state index in [0.29, 0.717) is 6.61 Å². The van der Waals surface area contributed by atoms with Gasteiger partial charge in [0.25, 0.3) is 0 Å². The monoisotopic (exact) mass is 349 g/mol. The predicted molar refractivity (Wildman–Crippen MR) is 103 cm³/mol. The summed E-state index contributed by atoms with van der Waals surface area (Å²) in [5.74, 6) is 0.882. The van der Waals surface area contributed by atoms with Crippen LogP contribution in [0.5, 0.6) is 0 Å². The van der Waals surface area contributed by atoms with E-state index in [9.17, 15) is 4.79 Å². The molecule has 0 spiro atoms. The Hall–Kier alpha value is -2.82. The number of rotatable bonds is 4. The Labute approximate surface area is 153 Å². The van der Waals surface area contributed by atoms with Gasteiger partial charge in [-0.15, -0.1) is 0 Å². The lowest BCUT2D eigenvalue weighted by atomic mass is 9.96. The molecule has 0 unspecified atom stereocenters. The van der Waals surface area contributed by atoms with Crippen LogP contribution in [0.4, 0.5) is 5.69 Å². The number of benzene rings is 2. The molecule has 2 aromatic carbocycles.